The molecule has 8 heteroatoms. The van der Waals surface area contributed by atoms with Crippen LogP contribution in [0.1, 0.15) is 26.7 Å². The van der Waals surface area contributed by atoms with Crippen LogP contribution in [-0.4, -0.2) is 55.1 Å². The Balaban J connectivity index is 6.15. The van der Waals surface area contributed by atoms with Gasteiger partial charge in [-0.1, -0.05) is 13.8 Å². The number of carboxylic acids is 2. The van der Waals surface area contributed by atoms with Gasteiger partial charge < -0.3 is 20.4 Å². The van der Waals surface area contributed by atoms with Crippen LogP contribution in [0, 0.1) is 0 Å². The summed E-state index contributed by atoms with van der Waals surface area (Å²) in [6.45, 7) is 2.32. The van der Waals surface area contributed by atoms with E-state index in [1.54, 1.807) is 0 Å². The highest BCUT2D eigenvalue weighted by Crippen LogP contribution is 2.28. The van der Waals surface area contributed by atoms with Gasteiger partial charge in [-0.25, -0.2) is 9.59 Å². The third-order valence-electron chi connectivity index (χ3n) is 2.59. The number of rotatable bonds is 7. The molecule has 0 saturated heterocycles. The zero-order chi connectivity index (χ0) is 14.7. The van der Waals surface area contributed by atoms with Crippen molar-refractivity contribution in [3.8, 4) is 0 Å². The van der Waals surface area contributed by atoms with Crippen LogP contribution in [0.2, 0.25) is 0 Å². The van der Waals surface area contributed by atoms with Gasteiger partial charge in [0.05, 0.1) is 0 Å². The molecule has 0 aromatic rings. The molecule has 0 aliphatic carbocycles. The zero-order valence-corrected chi connectivity index (χ0v) is 9.84. The lowest BCUT2D eigenvalue weighted by atomic mass is 9.75. The molecule has 2 unspecified atom stereocenters. The summed E-state index contributed by atoms with van der Waals surface area (Å²) in [5.41, 5.74) is -7.42. The average molecular weight is 262 g/mol. The summed E-state index contributed by atoms with van der Waals surface area (Å²) in [7, 11) is 0. The minimum Gasteiger partial charge on any atom is -0.479 e. The summed E-state index contributed by atoms with van der Waals surface area (Å²) < 4.78 is 0. The van der Waals surface area contributed by atoms with E-state index in [1.165, 1.54) is 0 Å². The highest BCUT2D eigenvalue weighted by molar-refractivity contribution is 6.21. The van der Waals surface area contributed by atoms with E-state index in [0.29, 0.717) is 0 Å². The van der Waals surface area contributed by atoms with E-state index in [0.717, 1.165) is 13.8 Å². The first-order valence-corrected chi connectivity index (χ1v) is 5.08. The Morgan fingerprint density at radius 2 is 1.00 bits per heavy atom. The van der Waals surface area contributed by atoms with Crippen LogP contribution in [0.25, 0.3) is 0 Å². The second-order valence-electron chi connectivity index (χ2n) is 3.58. The summed E-state index contributed by atoms with van der Waals surface area (Å²) in [4.78, 5) is 44.8. The summed E-state index contributed by atoms with van der Waals surface area (Å²) in [5, 5.41) is 37.1. The number of aliphatic carboxylic acids is 2. The minimum atomic E-state index is -3.71. The van der Waals surface area contributed by atoms with Crippen molar-refractivity contribution in [1.82, 2.24) is 0 Å². The van der Waals surface area contributed by atoms with Crippen molar-refractivity contribution in [3.63, 3.8) is 0 Å². The molecule has 18 heavy (non-hydrogen) atoms. The van der Waals surface area contributed by atoms with E-state index in [2.05, 4.69) is 0 Å². The second kappa shape index (κ2) is 5.23. The van der Waals surface area contributed by atoms with E-state index in [-0.39, 0.29) is 0 Å². The number of carbonyl (C=O) groups is 4. The lowest BCUT2D eigenvalue weighted by Gasteiger charge is -2.34. The van der Waals surface area contributed by atoms with Gasteiger partial charge in [0.15, 0.2) is 11.6 Å². The fourth-order valence-electron chi connectivity index (χ4n) is 1.46. The van der Waals surface area contributed by atoms with Crippen molar-refractivity contribution in [3.05, 3.63) is 0 Å². The fourth-order valence-corrected chi connectivity index (χ4v) is 1.46. The van der Waals surface area contributed by atoms with Gasteiger partial charge in [-0.3, -0.25) is 9.59 Å². The van der Waals surface area contributed by atoms with Crippen LogP contribution in [-0.2, 0) is 19.2 Å². The monoisotopic (exact) mass is 262 g/mol. The molecule has 0 aromatic heterocycles. The van der Waals surface area contributed by atoms with Gasteiger partial charge >= 0.3 is 11.9 Å². The molecule has 0 spiro atoms. The second-order valence-corrected chi connectivity index (χ2v) is 3.58. The van der Waals surface area contributed by atoms with Crippen molar-refractivity contribution in [2.45, 2.75) is 37.9 Å². The maximum absolute atomic E-state index is 11.4. The van der Waals surface area contributed by atoms with Crippen LogP contribution in [0.3, 0.4) is 0 Å². The van der Waals surface area contributed by atoms with Crippen LogP contribution in [0.4, 0.5) is 0 Å². The summed E-state index contributed by atoms with van der Waals surface area (Å²) in [6.07, 6.45) is -1.12. The fraction of sp³-hybridized carbons (Fsp3) is 0.600. The van der Waals surface area contributed by atoms with Crippen molar-refractivity contribution < 1.29 is 39.6 Å². The minimum absolute atomic E-state index is 0.560. The van der Waals surface area contributed by atoms with E-state index >= 15 is 0 Å². The van der Waals surface area contributed by atoms with E-state index < -0.39 is 47.5 Å². The van der Waals surface area contributed by atoms with Crippen molar-refractivity contribution in [2.75, 3.05) is 0 Å². The number of ketones is 2. The number of Topliss-reactive ketones (excluding diaryl/α,β-unsaturated/α-hetero) is 2. The molecule has 0 heterocycles. The molecule has 0 aliphatic rings. The van der Waals surface area contributed by atoms with Gasteiger partial charge in [-0.15, -0.1) is 0 Å². The standard InChI is InChI=1S/C10H14O8/c1-3-5(11)9(17,7(13)14)10(18,8(15)16)6(12)4-2/h17-18H,3-4H2,1-2H3,(H,13,14)(H,15,16). The predicted octanol–water partition coefficient (Wildman–Crippen LogP) is -1.42. The lowest BCUT2D eigenvalue weighted by Crippen LogP contribution is -2.71. The first kappa shape index (κ1) is 16.2. The number of hydrogen-bond donors (Lipinski definition) is 4. The van der Waals surface area contributed by atoms with Gasteiger partial charge in [-0.05, 0) is 0 Å². The molecule has 0 saturated carbocycles. The summed E-state index contributed by atoms with van der Waals surface area (Å²) in [5.74, 6) is -7.52. The number of aliphatic hydroxyl groups is 2. The zero-order valence-electron chi connectivity index (χ0n) is 9.84. The van der Waals surface area contributed by atoms with E-state index in [4.69, 9.17) is 10.2 Å². The third-order valence-corrected chi connectivity index (χ3v) is 2.59. The molecular formula is C10H14O8. The average Bonchev–Trinajstić information content (AvgIpc) is 2.33. The highest BCUT2D eigenvalue weighted by atomic mass is 16.5. The Morgan fingerprint density at radius 1 is 0.778 bits per heavy atom. The van der Waals surface area contributed by atoms with Crippen molar-refractivity contribution in [1.29, 1.82) is 0 Å². The quantitative estimate of drug-likeness (QED) is 0.408. The first-order chi connectivity index (χ1) is 8.10. The molecule has 2 atom stereocenters. The van der Waals surface area contributed by atoms with Gasteiger partial charge in [0.2, 0.25) is 0 Å². The maximum Gasteiger partial charge on any atom is 0.347 e. The number of carbonyl (C=O) groups excluding carboxylic acids is 2. The van der Waals surface area contributed by atoms with E-state index in [1.807, 2.05) is 0 Å². The Labute approximate surface area is 102 Å². The van der Waals surface area contributed by atoms with Crippen LogP contribution in [0.15, 0.2) is 0 Å². The van der Waals surface area contributed by atoms with Crippen molar-refractivity contribution in [2.24, 2.45) is 0 Å². The first-order valence-electron chi connectivity index (χ1n) is 5.08. The Bertz CT molecular complexity index is 363. The topological polar surface area (TPSA) is 149 Å². The molecule has 0 bridgehead atoms. The normalized spacial score (nSPS) is 17.3. The van der Waals surface area contributed by atoms with Crippen LogP contribution < -0.4 is 0 Å². The molecule has 4 N–H and O–H groups in total. The SMILES string of the molecule is CCC(=O)C(O)(C(=O)O)C(O)(C(=O)O)C(=O)CC. The third kappa shape index (κ3) is 2.00. The predicted molar refractivity (Wildman–Crippen MR) is 55.8 cm³/mol. The Morgan fingerprint density at radius 3 is 1.11 bits per heavy atom. The van der Waals surface area contributed by atoms with Gasteiger partial charge in [0.25, 0.3) is 11.2 Å². The molecule has 0 radical (unpaired) electrons. The summed E-state index contributed by atoms with van der Waals surface area (Å²) in [6, 6.07) is 0. The van der Waals surface area contributed by atoms with Gasteiger partial charge in [-0.2, -0.15) is 0 Å². The largest absolute Gasteiger partial charge is 0.479 e. The molecule has 8 nitrogen and oxygen atoms in total. The molecule has 0 rings (SSSR count). The van der Waals surface area contributed by atoms with Crippen LogP contribution in [0.5, 0.6) is 0 Å². The van der Waals surface area contributed by atoms with E-state index in [9.17, 15) is 29.4 Å². The van der Waals surface area contributed by atoms with Gasteiger partial charge in [0.1, 0.15) is 0 Å². The smallest absolute Gasteiger partial charge is 0.347 e. The number of carboxylic acid groups (broad SMARTS) is 2. The Hall–Kier alpha value is -1.80. The molecule has 0 fully saturated rings. The van der Waals surface area contributed by atoms with Crippen LogP contribution >= 0.6 is 0 Å². The number of hydrogen-bond acceptors (Lipinski definition) is 6. The maximum atomic E-state index is 11.4. The van der Waals surface area contributed by atoms with Crippen molar-refractivity contribution >= 4 is 23.5 Å². The molecule has 0 aliphatic heterocycles. The summed E-state index contributed by atoms with van der Waals surface area (Å²) >= 11 is 0. The van der Waals surface area contributed by atoms with Gasteiger partial charge in [0, 0.05) is 12.8 Å². The molecular weight excluding hydrogens is 248 g/mol. The lowest BCUT2D eigenvalue weighted by molar-refractivity contribution is -0.207. The molecule has 0 aromatic carbocycles. The highest BCUT2D eigenvalue weighted by Gasteiger charge is 2.68. The Kier molecular flexibility index (Phi) is 4.71. The molecule has 102 valence electrons. The molecule has 0 amide bonds.